The summed E-state index contributed by atoms with van der Waals surface area (Å²) in [5.74, 6) is -0.931. The van der Waals surface area contributed by atoms with Crippen molar-refractivity contribution in [2.45, 2.75) is 71.5 Å². The number of esters is 1. The molecule has 2 bridgehead atoms. The Labute approximate surface area is 261 Å². The van der Waals surface area contributed by atoms with Crippen molar-refractivity contribution < 1.29 is 28.3 Å². The molecule has 0 spiro atoms. The van der Waals surface area contributed by atoms with Crippen molar-refractivity contribution in [3.63, 3.8) is 0 Å². The zero-order chi connectivity index (χ0) is 32.3. The number of nitrogens with one attached hydrogen (secondary N) is 3. The molecule has 3 aromatic rings. The predicted octanol–water partition coefficient (Wildman–Crippen LogP) is 4.09. The predicted molar refractivity (Wildman–Crippen MR) is 168 cm³/mol. The first-order valence-electron chi connectivity index (χ1n) is 15.3. The van der Waals surface area contributed by atoms with E-state index in [2.05, 4.69) is 34.5 Å². The monoisotopic (exact) mass is 616 g/mol. The van der Waals surface area contributed by atoms with Crippen molar-refractivity contribution in [2.24, 2.45) is 17.3 Å². The number of aryl methyl sites for hydroxylation is 1. The van der Waals surface area contributed by atoms with Gasteiger partial charge in [0.05, 0.1) is 7.11 Å². The Bertz CT molecular complexity index is 1700. The minimum Gasteiger partial charge on any atom is -0.466 e. The second kappa shape index (κ2) is 13.1. The lowest BCUT2D eigenvalue weighted by Gasteiger charge is -2.27. The SMILES string of the molecule is COC(=O)/C=C/CCC(NC(=O)c1oc2ccccc2c1C)C(=O)Nc1cccn(CC(=O)NC2CC3CCC2C3(C)C)c1=O. The van der Waals surface area contributed by atoms with E-state index in [9.17, 15) is 24.0 Å². The number of nitrogens with zero attached hydrogens (tertiary/aromatic N) is 1. The van der Waals surface area contributed by atoms with Crippen LogP contribution in [0.3, 0.4) is 0 Å². The van der Waals surface area contributed by atoms with Crippen LogP contribution in [0, 0.1) is 24.2 Å². The number of hydrogen-bond donors (Lipinski definition) is 3. The quantitative estimate of drug-likeness (QED) is 0.217. The van der Waals surface area contributed by atoms with Crippen LogP contribution < -0.4 is 21.5 Å². The topological polar surface area (TPSA) is 149 Å². The van der Waals surface area contributed by atoms with E-state index in [1.54, 1.807) is 25.1 Å². The first-order chi connectivity index (χ1) is 21.5. The minimum absolute atomic E-state index is 0.0272. The standard InChI is InChI=1S/C34H40N4O7/c1-20-22-10-5-7-13-27(22)45-30(20)32(42)36-24(11-6-8-14-29(40)44-4)31(41)37-25-12-9-17-38(33(25)43)19-28(39)35-26-18-21-15-16-23(26)34(21,2)3/h5,7-10,12-14,17,21,23-24,26H,6,11,15-16,18-19H2,1-4H3,(H,35,39)(H,36,42)(H,37,41)/b14-8+. The van der Waals surface area contributed by atoms with Crippen molar-refractivity contribution >= 4 is 40.3 Å². The molecule has 1 aromatic carbocycles. The number of amides is 3. The third kappa shape index (κ3) is 6.72. The number of allylic oxidation sites excluding steroid dienone is 1. The van der Waals surface area contributed by atoms with Crippen LogP contribution in [0.1, 0.15) is 62.1 Å². The van der Waals surface area contributed by atoms with Crippen LogP contribution in [0.15, 0.2) is 64.0 Å². The van der Waals surface area contributed by atoms with Crippen LogP contribution in [0.25, 0.3) is 11.0 Å². The minimum atomic E-state index is -1.08. The number of rotatable bonds is 11. The van der Waals surface area contributed by atoms with Gasteiger partial charge in [-0.25, -0.2) is 4.79 Å². The van der Waals surface area contributed by atoms with E-state index in [-0.39, 0.29) is 48.2 Å². The average molecular weight is 617 g/mol. The second-order valence-corrected chi connectivity index (χ2v) is 12.5. The summed E-state index contributed by atoms with van der Waals surface area (Å²) in [5.41, 5.74) is 0.799. The first-order valence-corrected chi connectivity index (χ1v) is 15.3. The van der Waals surface area contributed by atoms with E-state index in [1.165, 1.54) is 42.5 Å². The normalized spacial score (nSPS) is 20.7. The number of hydrogen-bond acceptors (Lipinski definition) is 7. The fourth-order valence-electron chi connectivity index (χ4n) is 6.98. The maximum atomic E-state index is 13.5. The Morgan fingerprint density at radius 3 is 2.60 bits per heavy atom. The number of fused-ring (bicyclic) bond motifs is 3. The van der Waals surface area contributed by atoms with Crippen molar-refractivity contribution in [3.05, 3.63) is 76.4 Å². The van der Waals surface area contributed by atoms with Gasteiger partial charge in [0.15, 0.2) is 5.76 Å². The van der Waals surface area contributed by atoms with E-state index in [1.807, 2.05) is 12.1 Å². The molecular formula is C34H40N4O7. The summed E-state index contributed by atoms with van der Waals surface area (Å²) in [6.07, 6.45) is 7.88. The summed E-state index contributed by atoms with van der Waals surface area (Å²) >= 11 is 0. The molecule has 11 nitrogen and oxygen atoms in total. The fraction of sp³-hybridized carbons (Fsp3) is 0.441. The highest BCUT2D eigenvalue weighted by molar-refractivity contribution is 6.03. The van der Waals surface area contributed by atoms with Gasteiger partial charge in [-0.15, -0.1) is 0 Å². The Hall–Kier alpha value is -4.67. The molecule has 11 heteroatoms. The Morgan fingerprint density at radius 2 is 1.91 bits per heavy atom. The van der Waals surface area contributed by atoms with Gasteiger partial charge in [0, 0.05) is 29.3 Å². The molecule has 2 heterocycles. The summed E-state index contributed by atoms with van der Waals surface area (Å²) in [4.78, 5) is 64.5. The average Bonchev–Trinajstić information content (AvgIpc) is 3.59. The number of carbonyl (C=O) groups is 4. The fourth-order valence-corrected chi connectivity index (χ4v) is 6.98. The largest absolute Gasteiger partial charge is 0.466 e. The number of para-hydroxylation sites is 1. The third-order valence-electron chi connectivity index (χ3n) is 9.55. The number of aromatic nitrogens is 1. The van der Waals surface area contributed by atoms with Gasteiger partial charge < -0.3 is 29.7 Å². The van der Waals surface area contributed by atoms with Crippen molar-refractivity contribution in [1.82, 2.24) is 15.2 Å². The number of methoxy groups -OCH3 is 1. The van der Waals surface area contributed by atoms with Gasteiger partial charge in [-0.05, 0) is 74.5 Å². The van der Waals surface area contributed by atoms with Gasteiger partial charge >= 0.3 is 5.97 Å². The smallest absolute Gasteiger partial charge is 0.330 e. The van der Waals surface area contributed by atoms with Gasteiger partial charge in [-0.1, -0.05) is 38.1 Å². The highest BCUT2D eigenvalue weighted by atomic mass is 16.5. The molecule has 5 rings (SSSR count). The first kappa shape index (κ1) is 31.7. The molecule has 0 radical (unpaired) electrons. The van der Waals surface area contributed by atoms with E-state index in [0.717, 1.165) is 18.2 Å². The third-order valence-corrected chi connectivity index (χ3v) is 9.55. The van der Waals surface area contributed by atoms with E-state index in [0.29, 0.717) is 23.0 Å². The zero-order valence-electron chi connectivity index (χ0n) is 26.1. The maximum absolute atomic E-state index is 13.5. The molecule has 2 aliphatic rings. The number of carbonyl (C=O) groups excluding carboxylic acids is 4. The molecule has 2 aliphatic carbocycles. The maximum Gasteiger partial charge on any atom is 0.330 e. The Morgan fingerprint density at radius 1 is 1.13 bits per heavy atom. The molecular weight excluding hydrogens is 576 g/mol. The van der Waals surface area contributed by atoms with E-state index >= 15 is 0 Å². The van der Waals surface area contributed by atoms with Gasteiger partial charge in [-0.3, -0.25) is 19.2 Å². The molecule has 3 amide bonds. The lowest BCUT2D eigenvalue weighted by molar-refractivity contribution is -0.134. The van der Waals surface area contributed by atoms with Crippen molar-refractivity contribution in [3.8, 4) is 0 Å². The van der Waals surface area contributed by atoms with Crippen LogP contribution in [0.4, 0.5) is 5.69 Å². The Balaban J connectivity index is 1.28. The van der Waals surface area contributed by atoms with Crippen LogP contribution >= 0.6 is 0 Å². The van der Waals surface area contributed by atoms with Crippen LogP contribution in [-0.2, 0) is 25.7 Å². The molecule has 3 N–H and O–H groups in total. The zero-order valence-corrected chi connectivity index (χ0v) is 26.1. The number of ether oxygens (including phenoxy) is 1. The Kier molecular flexibility index (Phi) is 9.27. The van der Waals surface area contributed by atoms with Gasteiger partial charge in [0.1, 0.15) is 23.9 Å². The van der Waals surface area contributed by atoms with E-state index < -0.39 is 29.4 Å². The van der Waals surface area contributed by atoms with Gasteiger partial charge in [0.2, 0.25) is 11.8 Å². The second-order valence-electron chi connectivity index (χ2n) is 12.5. The molecule has 2 fully saturated rings. The molecule has 4 unspecified atom stereocenters. The highest BCUT2D eigenvalue weighted by Gasteiger charge is 2.53. The summed E-state index contributed by atoms with van der Waals surface area (Å²) in [6.45, 7) is 6.11. The van der Waals surface area contributed by atoms with Crippen LogP contribution in [0.5, 0.6) is 0 Å². The summed E-state index contributed by atoms with van der Waals surface area (Å²) in [6, 6.07) is 9.27. The number of anilines is 1. The summed E-state index contributed by atoms with van der Waals surface area (Å²) in [5, 5.41) is 9.25. The highest BCUT2D eigenvalue weighted by Crippen LogP contribution is 2.57. The van der Waals surface area contributed by atoms with E-state index in [4.69, 9.17) is 4.42 Å². The summed E-state index contributed by atoms with van der Waals surface area (Å²) < 4.78 is 11.6. The lowest BCUT2D eigenvalue weighted by Crippen LogP contribution is -2.45. The van der Waals surface area contributed by atoms with Gasteiger partial charge in [0.25, 0.3) is 11.5 Å². The van der Waals surface area contributed by atoms with Crippen molar-refractivity contribution in [1.29, 1.82) is 0 Å². The van der Waals surface area contributed by atoms with Crippen molar-refractivity contribution in [2.75, 3.05) is 12.4 Å². The van der Waals surface area contributed by atoms with Crippen LogP contribution in [-0.4, -0.2) is 47.5 Å². The lowest BCUT2D eigenvalue weighted by atomic mass is 9.81. The van der Waals surface area contributed by atoms with Gasteiger partial charge in [-0.2, -0.15) is 0 Å². The summed E-state index contributed by atoms with van der Waals surface area (Å²) in [7, 11) is 1.26. The van der Waals surface area contributed by atoms with Crippen LogP contribution in [0.2, 0.25) is 0 Å². The molecule has 0 saturated heterocycles. The number of pyridine rings is 1. The molecule has 4 atom stereocenters. The molecule has 0 aliphatic heterocycles. The molecule has 2 aromatic heterocycles. The number of benzene rings is 1. The number of furan rings is 1. The molecule has 45 heavy (non-hydrogen) atoms. The molecule has 2 saturated carbocycles. The molecule has 238 valence electrons.